The lowest BCUT2D eigenvalue weighted by Crippen LogP contribution is -2.10. The van der Waals surface area contributed by atoms with Gasteiger partial charge in [0.1, 0.15) is 0 Å². The fraction of sp³-hybridized carbons (Fsp3) is 0.176. The molecule has 0 atom stereocenters. The average molecular weight is 237 g/mol. The van der Waals surface area contributed by atoms with Gasteiger partial charge in [-0.1, -0.05) is 55.1 Å². The van der Waals surface area contributed by atoms with Crippen LogP contribution in [0.2, 0.25) is 0 Å². The second kappa shape index (κ2) is 5.65. The molecule has 0 aliphatic heterocycles. The summed E-state index contributed by atoms with van der Waals surface area (Å²) < 4.78 is 0. The maximum Gasteiger partial charge on any atom is 0.0227 e. The van der Waals surface area contributed by atoms with Crippen LogP contribution >= 0.6 is 0 Å². The van der Waals surface area contributed by atoms with Crippen LogP contribution in [0.3, 0.4) is 0 Å². The zero-order valence-electron chi connectivity index (χ0n) is 11.1. The van der Waals surface area contributed by atoms with E-state index in [9.17, 15) is 0 Å². The molecule has 0 fully saturated rings. The largest absolute Gasteiger partial charge is 0.305 e. The summed E-state index contributed by atoms with van der Waals surface area (Å²) >= 11 is 0. The van der Waals surface area contributed by atoms with Gasteiger partial charge in [-0.2, -0.15) is 0 Å². The van der Waals surface area contributed by atoms with Gasteiger partial charge in [0.15, 0.2) is 0 Å². The summed E-state index contributed by atoms with van der Waals surface area (Å²) in [5.41, 5.74) is 4.77. The molecule has 0 aliphatic carbocycles. The Bertz CT molecular complexity index is 526. The molecule has 1 nitrogen and oxygen atoms in total. The van der Waals surface area contributed by atoms with Crippen LogP contribution in [-0.2, 0) is 6.54 Å². The van der Waals surface area contributed by atoms with E-state index in [1.165, 1.54) is 16.7 Å². The monoisotopic (exact) mass is 237 g/mol. The van der Waals surface area contributed by atoms with Crippen molar-refractivity contribution in [3.8, 4) is 0 Å². The van der Waals surface area contributed by atoms with Gasteiger partial charge in [-0.25, -0.2) is 0 Å². The molecule has 2 aromatic rings. The zero-order valence-corrected chi connectivity index (χ0v) is 11.1. The van der Waals surface area contributed by atoms with Gasteiger partial charge < -0.3 is 4.90 Å². The summed E-state index contributed by atoms with van der Waals surface area (Å²) in [6.07, 6.45) is 0. The lowest BCUT2D eigenvalue weighted by molar-refractivity contribution is 0.402. The first-order chi connectivity index (χ1) is 8.66. The summed E-state index contributed by atoms with van der Waals surface area (Å²) in [6, 6.07) is 18.9. The van der Waals surface area contributed by atoms with Crippen LogP contribution < -0.4 is 0 Å². The Kier molecular flexibility index (Phi) is 3.96. The highest BCUT2D eigenvalue weighted by Crippen LogP contribution is 2.22. The van der Waals surface area contributed by atoms with Gasteiger partial charge in [0.25, 0.3) is 0 Å². The highest BCUT2D eigenvalue weighted by molar-refractivity contribution is 5.78. The molecule has 0 radical (unpaired) electrons. The van der Waals surface area contributed by atoms with E-state index in [2.05, 4.69) is 62.0 Å². The van der Waals surface area contributed by atoms with Crippen LogP contribution in [-0.4, -0.2) is 19.0 Å². The van der Waals surface area contributed by atoms with Crippen LogP contribution in [0.25, 0.3) is 5.57 Å². The van der Waals surface area contributed by atoms with Crippen molar-refractivity contribution in [3.63, 3.8) is 0 Å². The van der Waals surface area contributed by atoms with Crippen molar-refractivity contribution < 1.29 is 0 Å². The first kappa shape index (κ1) is 12.6. The smallest absolute Gasteiger partial charge is 0.0227 e. The summed E-state index contributed by atoms with van der Waals surface area (Å²) in [6.45, 7) is 5.16. The first-order valence-electron chi connectivity index (χ1n) is 6.15. The molecule has 0 saturated carbocycles. The topological polar surface area (TPSA) is 3.24 Å². The molecule has 0 spiro atoms. The number of hydrogen-bond acceptors (Lipinski definition) is 1. The highest BCUT2D eigenvalue weighted by atomic mass is 15.0. The van der Waals surface area contributed by atoms with Gasteiger partial charge in [-0.3, -0.25) is 0 Å². The lowest BCUT2D eigenvalue weighted by atomic mass is 9.98. The van der Waals surface area contributed by atoms with Crippen molar-refractivity contribution in [2.24, 2.45) is 0 Å². The SMILES string of the molecule is C=C(c1ccccc1)c1cccc(CN(C)C)c1. The van der Waals surface area contributed by atoms with Gasteiger partial charge in [0, 0.05) is 6.54 Å². The Balaban J connectivity index is 2.26. The van der Waals surface area contributed by atoms with Crippen molar-refractivity contribution in [1.29, 1.82) is 0 Å². The maximum atomic E-state index is 4.20. The van der Waals surface area contributed by atoms with Crippen LogP contribution in [0.15, 0.2) is 61.2 Å². The summed E-state index contributed by atoms with van der Waals surface area (Å²) in [7, 11) is 4.16. The number of hydrogen-bond donors (Lipinski definition) is 0. The fourth-order valence-electron chi connectivity index (χ4n) is 2.03. The Morgan fingerprint density at radius 1 is 0.944 bits per heavy atom. The Morgan fingerprint density at radius 2 is 1.61 bits per heavy atom. The van der Waals surface area contributed by atoms with E-state index in [1.54, 1.807) is 0 Å². The van der Waals surface area contributed by atoms with E-state index in [1.807, 2.05) is 18.2 Å². The minimum absolute atomic E-state index is 0.954. The quantitative estimate of drug-likeness (QED) is 0.781. The molecule has 0 aliphatic rings. The summed E-state index contributed by atoms with van der Waals surface area (Å²) in [5, 5.41) is 0. The lowest BCUT2D eigenvalue weighted by Gasteiger charge is -2.12. The van der Waals surface area contributed by atoms with Gasteiger partial charge in [0.05, 0.1) is 0 Å². The van der Waals surface area contributed by atoms with Crippen molar-refractivity contribution in [2.75, 3.05) is 14.1 Å². The Hall–Kier alpha value is -1.86. The molecule has 18 heavy (non-hydrogen) atoms. The number of rotatable bonds is 4. The van der Waals surface area contributed by atoms with E-state index in [0.29, 0.717) is 0 Å². The summed E-state index contributed by atoms with van der Waals surface area (Å²) in [5.74, 6) is 0. The second-order valence-corrected chi connectivity index (χ2v) is 4.78. The highest BCUT2D eigenvalue weighted by Gasteiger charge is 2.03. The van der Waals surface area contributed by atoms with E-state index < -0.39 is 0 Å². The fourth-order valence-corrected chi connectivity index (χ4v) is 2.03. The molecule has 2 rings (SSSR count). The van der Waals surface area contributed by atoms with Crippen molar-refractivity contribution in [3.05, 3.63) is 77.9 Å². The first-order valence-corrected chi connectivity index (χ1v) is 6.15. The third-order valence-electron chi connectivity index (χ3n) is 2.90. The third kappa shape index (κ3) is 3.08. The van der Waals surface area contributed by atoms with Crippen molar-refractivity contribution in [2.45, 2.75) is 6.54 Å². The molecule has 0 aromatic heterocycles. The standard InChI is InChI=1S/C17H19N/c1-14(16-9-5-4-6-10-16)17-11-7-8-15(12-17)13-18(2)3/h4-12H,1,13H2,2-3H3. The van der Waals surface area contributed by atoms with Gasteiger partial charge in [-0.15, -0.1) is 0 Å². The zero-order chi connectivity index (χ0) is 13.0. The predicted molar refractivity (Wildman–Crippen MR) is 78.4 cm³/mol. The summed E-state index contributed by atoms with van der Waals surface area (Å²) in [4.78, 5) is 2.17. The van der Waals surface area contributed by atoms with Crippen molar-refractivity contribution in [1.82, 2.24) is 4.90 Å². The van der Waals surface area contributed by atoms with Gasteiger partial charge >= 0.3 is 0 Å². The molecule has 0 amide bonds. The van der Waals surface area contributed by atoms with E-state index in [-0.39, 0.29) is 0 Å². The van der Waals surface area contributed by atoms with E-state index >= 15 is 0 Å². The third-order valence-corrected chi connectivity index (χ3v) is 2.90. The molecule has 0 saturated heterocycles. The molecule has 0 heterocycles. The van der Waals surface area contributed by atoms with Crippen LogP contribution in [0.4, 0.5) is 0 Å². The van der Waals surface area contributed by atoms with E-state index in [4.69, 9.17) is 0 Å². The predicted octanol–water partition coefficient (Wildman–Crippen LogP) is 3.81. The van der Waals surface area contributed by atoms with Crippen molar-refractivity contribution >= 4 is 5.57 Å². The van der Waals surface area contributed by atoms with Crippen LogP contribution in [0, 0.1) is 0 Å². The Morgan fingerprint density at radius 3 is 2.28 bits per heavy atom. The minimum Gasteiger partial charge on any atom is -0.305 e. The van der Waals surface area contributed by atoms with Gasteiger partial charge in [-0.05, 0) is 42.4 Å². The number of nitrogens with zero attached hydrogens (tertiary/aromatic N) is 1. The van der Waals surface area contributed by atoms with Crippen LogP contribution in [0.5, 0.6) is 0 Å². The van der Waals surface area contributed by atoms with E-state index in [0.717, 1.165) is 12.1 Å². The second-order valence-electron chi connectivity index (χ2n) is 4.78. The molecule has 0 bridgehead atoms. The maximum absolute atomic E-state index is 4.20. The molecular formula is C17H19N. The average Bonchev–Trinajstić information content (AvgIpc) is 2.38. The van der Waals surface area contributed by atoms with Crippen LogP contribution in [0.1, 0.15) is 16.7 Å². The molecular weight excluding hydrogens is 218 g/mol. The molecule has 0 unspecified atom stereocenters. The molecule has 2 aromatic carbocycles. The molecule has 92 valence electrons. The molecule has 1 heteroatoms. The normalized spacial score (nSPS) is 10.6. The number of benzene rings is 2. The van der Waals surface area contributed by atoms with Gasteiger partial charge in [0.2, 0.25) is 0 Å². The minimum atomic E-state index is 0.954. The Labute approximate surface area is 109 Å². The molecule has 0 N–H and O–H groups in total.